The molecule has 2 aromatic rings. The van der Waals surface area contributed by atoms with E-state index < -0.39 is 0 Å². The first-order valence-electron chi connectivity index (χ1n) is 8.41. The Labute approximate surface area is 142 Å². The molecule has 1 aliphatic heterocycles. The second-order valence-corrected chi connectivity index (χ2v) is 6.40. The number of benzene rings is 1. The van der Waals surface area contributed by atoms with E-state index in [1.165, 1.54) is 6.42 Å². The zero-order chi connectivity index (χ0) is 17.1. The Balaban J connectivity index is 1.67. The van der Waals surface area contributed by atoms with Crippen LogP contribution in [-0.2, 0) is 4.74 Å². The van der Waals surface area contributed by atoms with Crippen LogP contribution >= 0.6 is 0 Å². The first-order chi connectivity index (χ1) is 11.5. The Morgan fingerprint density at radius 1 is 1.25 bits per heavy atom. The number of carbonyl (C=O) groups excluding carboxylic acids is 1. The fourth-order valence-electron chi connectivity index (χ4n) is 2.87. The van der Waals surface area contributed by atoms with Gasteiger partial charge in [-0.1, -0.05) is 0 Å². The number of rotatable bonds is 3. The van der Waals surface area contributed by atoms with Crippen LogP contribution in [0.2, 0.25) is 0 Å². The summed E-state index contributed by atoms with van der Waals surface area (Å²) in [6, 6.07) is 5.46. The van der Waals surface area contributed by atoms with Gasteiger partial charge < -0.3 is 15.0 Å². The third-order valence-corrected chi connectivity index (χ3v) is 4.42. The Bertz CT molecular complexity index is 741. The second-order valence-electron chi connectivity index (χ2n) is 6.40. The maximum absolute atomic E-state index is 12.4. The number of ether oxygens (including phenoxy) is 1. The number of nitrogens with zero attached hydrogens (tertiary/aromatic N) is 3. The molecule has 0 spiro atoms. The standard InChI is InChI=1S/C18H24N4O2/c1-12-13(2)20-17-10-14(7-8-16(17)19-12)21-18(23)22(3)11-15-6-4-5-9-24-15/h7-8,10,15H,4-6,9,11H2,1-3H3,(H,21,23)/t15-/m1/s1. The Morgan fingerprint density at radius 3 is 2.71 bits per heavy atom. The topological polar surface area (TPSA) is 67.4 Å². The van der Waals surface area contributed by atoms with E-state index in [4.69, 9.17) is 4.74 Å². The fraction of sp³-hybridized carbons (Fsp3) is 0.500. The molecular weight excluding hydrogens is 304 g/mol. The number of aryl methyl sites for hydroxylation is 2. The maximum atomic E-state index is 12.4. The summed E-state index contributed by atoms with van der Waals surface area (Å²) in [7, 11) is 1.79. The van der Waals surface area contributed by atoms with E-state index in [1.807, 2.05) is 32.0 Å². The van der Waals surface area contributed by atoms with Gasteiger partial charge in [-0.25, -0.2) is 14.8 Å². The fourth-order valence-corrected chi connectivity index (χ4v) is 2.87. The Kier molecular flexibility index (Phi) is 4.94. The van der Waals surface area contributed by atoms with Crippen LogP contribution in [0.5, 0.6) is 0 Å². The molecule has 1 atom stereocenters. The van der Waals surface area contributed by atoms with Crippen molar-refractivity contribution in [3.05, 3.63) is 29.6 Å². The number of amides is 2. The SMILES string of the molecule is Cc1nc2ccc(NC(=O)N(C)C[C@H]3CCCCO3)cc2nc1C. The smallest absolute Gasteiger partial charge is 0.321 e. The van der Waals surface area contributed by atoms with Crippen LogP contribution < -0.4 is 5.32 Å². The summed E-state index contributed by atoms with van der Waals surface area (Å²) in [5.41, 5.74) is 4.17. The molecule has 2 heterocycles. The molecule has 1 aliphatic rings. The molecule has 0 unspecified atom stereocenters. The van der Waals surface area contributed by atoms with E-state index in [0.29, 0.717) is 6.54 Å². The molecule has 2 amide bonds. The van der Waals surface area contributed by atoms with Crippen molar-refractivity contribution in [3.8, 4) is 0 Å². The summed E-state index contributed by atoms with van der Waals surface area (Å²) in [6.45, 7) is 5.28. The van der Waals surface area contributed by atoms with Crippen LogP contribution in [0, 0.1) is 13.8 Å². The summed E-state index contributed by atoms with van der Waals surface area (Å²) in [5, 5.41) is 2.92. The van der Waals surface area contributed by atoms with E-state index in [2.05, 4.69) is 15.3 Å². The highest BCUT2D eigenvalue weighted by Gasteiger charge is 2.19. The van der Waals surface area contributed by atoms with Crippen LogP contribution in [0.15, 0.2) is 18.2 Å². The molecular formula is C18H24N4O2. The number of hydrogen-bond donors (Lipinski definition) is 1. The van der Waals surface area contributed by atoms with Gasteiger partial charge in [-0.15, -0.1) is 0 Å². The predicted octanol–water partition coefficient (Wildman–Crippen LogP) is 3.28. The van der Waals surface area contributed by atoms with Gasteiger partial charge in [-0.3, -0.25) is 0 Å². The molecule has 24 heavy (non-hydrogen) atoms. The summed E-state index contributed by atoms with van der Waals surface area (Å²) < 4.78 is 5.69. The van der Waals surface area contributed by atoms with Crippen molar-refractivity contribution >= 4 is 22.8 Å². The molecule has 1 aromatic heterocycles. The molecule has 1 saturated heterocycles. The number of nitrogens with one attached hydrogen (secondary N) is 1. The quantitative estimate of drug-likeness (QED) is 0.939. The number of carbonyl (C=O) groups is 1. The monoisotopic (exact) mass is 328 g/mol. The number of anilines is 1. The van der Waals surface area contributed by atoms with Crippen LogP contribution in [0.1, 0.15) is 30.7 Å². The number of hydrogen-bond acceptors (Lipinski definition) is 4. The van der Waals surface area contributed by atoms with Gasteiger partial charge >= 0.3 is 6.03 Å². The lowest BCUT2D eigenvalue weighted by Gasteiger charge is -2.27. The zero-order valence-corrected chi connectivity index (χ0v) is 14.5. The minimum Gasteiger partial charge on any atom is -0.376 e. The van der Waals surface area contributed by atoms with Gasteiger partial charge in [0, 0.05) is 25.9 Å². The van der Waals surface area contributed by atoms with E-state index in [9.17, 15) is 4.79 Å². The van der Waals surface area contributed by atoms with Crippen LogP contribution in [0.3, 0.4) is 0 Å². The summed E-state index contributed by atoms with van der Waals surface area (Å²) in [6.07, 6.45) is 3.44. The lowest BCUT2D eigenvalue weighted by molar-refractivity contribution is 0.00463. The first-order valence-corrected chi connectivity index (χ1v) is 8.41. The van der Waals surface area contributed by atoms with Crippen molar-refractivity contribution in [2.24, 2.45) is 0 Å². The number of fused-ring (bicyclic) bond motifs is 1. The Hall–Kier alpha value is -2.21. The molecule has 0 bridgehead atoms. The predicted molar refractivity (Wildman–Crippen MR) is 94.3 cm³/mol. The van der Waals surface area contributed by atoms with Crippen molar-refractivity contribution in [2.75, 3.05) is 25.5 Å². The highest BCUT2D eigenvalue weighted by Crippen LogP contribution is 2.18. The van der Waals surface area contributed by atoms with Crippen LogP contribution in [0.4, 0.5) is 10.5 Å². The van der Waals surface area contributed by atoms with Crippen molar-refractivity contribution < 1.29 is 9.53 Å². The third kappa shape index (κ3) is 3.82. The van der Waals surface area contributed by atoms with Gasteiger partial charge in [0.05, 0.1) is 28.5 Å². The zero-order valence-electron chi connectivity index (χ0n) is 14.5. The van der Waals surface area contributed by atoms with E-state index in [-0.39, 0.29) is 12.1 Å². The van der Waals surface area contributed by atoms with Gasteiger partial charge in [-0.2, -0.15) is 0 Å². The van der Waals surface area contributed by atoms with Crippen LogP contribution in [0.25, 0.3) is 11.0 Å². The Morgan fingerprint density at radius 2 is 2.00 bits per heavy atom. The molecule has 0 radical (unpaired) electrons. The van der Waals surface area contributed by atoms with Gasteiger partial charge in [0.2, 0.25) is 0 Å². The average molecular weight is 328 g/mol. The highest BCUT2D eigenvalue weighted by atomic mass is 16.5. The van der Waals surface area contributed by atoms with Gasteiger partial charge in [-0.05, 0) is 51.3 Å². The number of aromatic nitrogens is 2. The van der Waals surface area contributed by atoms with Crippen molar-refractivity contribution in [1.29, 1.82) is 0 Å². The van der Waals surface area contributed by atoms with Crippen LogP contribution in [-0.4, -0.2) is 47.2 Å². The summed E-state index contributed by atoms with van der Waals surface area (Å²) in [4.78, 5) is 23.1. The normalized spacial score (nSPS) is 17.7. The van der Waals surface area contributed by atoms with Crippen molar-refractivity contribution in [1.82, 2.24) is 14.9 Å². The van der Waals surface area contributed by atoms with Gasteiger partial charge in [0.1, 0.15) is 0 Å². The molecule has 1 fully saturated rings. The lowest BCUT2D eigenvalue weighted by Crippen LogP contribution is -2.39. The summed E-state index contributed by atoms with van der Waals surface area (Å²) >= 11 is 0. The summed E-state index contributed by atoms with van der Waals surface area (Å²) in [5.74, 6) is 0. The van der Waals surface area contributed by atoms with Gasteiger partial charge in [0.15, 0.2) is 0 Å². The molecule has 6 heteroatoms. The second kappa shape index (κ2) is 7.13. The molecule has 128 valence electrons. The molecule has 0 saturated carbocycles. The third-order valence-electron chi connectivity index (χ3n) is 4.42. The molecule has 1 aromatic carbocycles. The lowest BCUT2D eigenvalue weighted by atomic mass is 10.1. The van der Waals surface area contributed by atoms with E-state index in [1.54, 1.807) is 11.9 Å². The minimum atomic E-state index is -0.139. The number of likely N-dealkylation sites (N-methyl/N-ethyl adjacent to an activating group) is 1. The molecule has 3 rings (SSSR count). The van der Waals surface area contributed by atoms with Crippen molar-refractivity contribution in [2.45, 2.75) is 39.2 Å². The van der Waals surface area contributed by atoms with E-state index in [0.717, 1.165) is 47.6 Å². The highest BCUT2D eigenvalue weighted by molar-refractivity contribution is 5.91. The maximum Gasteiger partial charge on any atom is 0.321 e. The largest absolute Gasteiger partial charge is 0.376 e. The number of urea groups is 1. The van der Waals surface area contributed by atoms with E-state index >= 15 is 0 Å². The van der Waals surface area contributed by atoms with Crippen molar-refractivity contribution in [3.63, 3.8) is 0 Å². The van der Waals surface area contributed by atoms with Gasteiger partial charge in [0.25, 0.3) is 0 Å². The molecule has 1 N–H and O–H groups in total. The molecule has 6 nitrogen and oxygen atoms in total. The first kappa shape index (κ1) is 16.6. The average Bonchev–Trinajstić information content (AvgIpc) is 2.57. The minimum absolute atomic E-state index is 0.139. The molecule has 0 aliphatic carbocycles.